The SMILES string of the molecule is COc1ccc(CCc2ccc(OC)c(-c3cc(C(=O)C(=O)c4ccc(OC)c(OC)c4)ccc3OC)c2)cc1OC. The summed E-state index contributed by atoms with van der Waals surface area (Å²) in [5, 5.41) is 0. The Bertz CT molecular complexity index is 1590. The smallest absolute Gasteiger partial charge is 0.233 e. The van der Waals surface area contributed by atoms with Crippen LogP contribution in [0.5, 0.6) is 34.5 Å². The van der Waals surface area contributed by atoms with E-state index in [9.17, 15) is 9.59 Å². The number of Topliss-reactive ketones (excluding diaryl/α,β-unsaturated/α-hetero) is 2. The van der Waals surface area contributed by atoms with Crippen molar-refractivity contribution in [2.45, 2.75) is 12.8 Å². The molecule has 0 aliphatic heterocycles. The molecule has 0 aliphatic rings. The topological polar surface area (TPSA) is 89.5 Å². The maximum Gasteiger partial charge on any atom is 0.233 e. The van der Waals surface area contributed by atoms with Gasteiger partial charge in [-0.25, -0.2) is 0 Å². The second-order valence-corrected chi connectivity index (χ2v) is 9.37. The van der Waals surface area contributed by atoms with Crippen LogP contribution in [0.25, 0.3) is 11.1 Å². The first-order valence-electron chi connectivity index (χ1n) is 13.2. The molecule has 0 saturated carbocycles. The Kier molecular flexibility index (Phi) is 9.70. The molecule has 4 aromatic rings. The number of ketones is 2. The lowest BCUT2D eigenvalue weighted by atomic mass is 9.94. The van der Waals surface area contributed by atoms with Gasteiger partial charge in [-0.2, -0.15) is 0 Å². The van der Waals surface area contributed by atoms with E-state index in [2.05, 4.69) is 0 Å². The third-order valence-corrected chi connectivity index (χ3v) is 7.02. The predicted octanol–water partition coefficient (Wildman–Crippen LogP) is 6.26. The zero-order chi connectivity index (χ0) is 30.2. The van der Waals surface area contributed by atoms with Crippen molar-refractivity contribution < 1.29 is 38.0 Å². The quantitative estimate of drug-likeness (QED) is 0.138. The molecule has 4 rings (SSSR count). The molecule has 0 spiro atoms. The standard InChI is InChI=1S/C34H34O8/c1-37-27-13-9-21(7-8-22-10-14-29(39-3)31(18-22)41-5)17-25(27)26-19-23(11-15-28(26)38-2)33(35)34(36)24-12-16-30(40-4)32(20-24)42-6/h9-20H,7-8H2,1-6H3. The van der Waals surface area contributed by atoms with Crippen LogP contribution < -0.4 is 28.4 Å². The number of aryl methyl sites for hydroxylation is 2. The van der Waals surface area contributed by atoms with Crippen LogP contribution in [0.2, 0.25) is 0 Å². The van der Waals surface area contributed by atoms with E-state index in [1.807, 2.05) is 36.4 Å². The van der Waals surface area contributed by atoms with Gasteiger partial charge in [0.25, 0.3) is 0 Å². The van der Waals surface area contributed by atoms with Gasteiger partial charge in [0.2, 0.25) is 11.6 Å². The Balaban J connectivity index is 1.66. The molecule has 4 aromatic carbocycles. The highest BCUT2D eigenvalue weighted by atomic mass is 16.5. The Morgan fingerprint density at radius 2 is 0.810 bits per heavy atom. The summed E-state index contributed by atoms with van der Waals surface area (Å²) in [7, 11) is 9.35. The fraction of sp³-hybridized carbons (Fsp3) is 0.235. The molecule has 0 fully saturated rings. The molecule has 0 unspecified atom stereocenters. The first-order chi connectivity index (χ1) is 20.4. The molecule has 218 valence electrons. The van der Waals surface area contributed by atoms with E-state index in [-0.39, 0.29) is 11.1 Å². The van der Waals surface area contributed by atoms with Crippen LogP contribution in [0.4, 0.5) is 0 Å². The molecule has 0 saturated heterocycles. The fourth-order valence-corrected chi connectivity index (χ4v) is 4.75. The zero-order valence-electron chi connectivity index (χ0n) is 24.6. The first kappa shape index (κ1) is 30.0. The van der Waals surface area contributed by atoms with Crippen molar-refractivity contribution in [1.29, 1.82) is 0 Å². The van der Waals surface area contributed by atoms with Crippen LogP contribution in [0, 0.1) is 0 Å². The molecule has 0 radical (unpaired) electrons. The van der Waals surface area contributed by atoms with Gasteiger partial charge in [0, 0.05) is 22.3 Å². The van der Waals surface area contributed by atoms with Gasteiger partial charge in [-0.15, -0.1) is 0 Å². The molecule has 8 nitrogen and oxygen atoms in total. The highest BCUT2D eigenvalue weighted by molar-refractivity contribution is 6.49. The minimum absolute atomic E-state index is 0.199. The molecular formula is C34H34O8. The monoisotopic (exact) mass is 570 g/mol. The van der Waals surface area contributed by atoms with Crippen molar-refractivity contribution in [3.8, 4) is 45.6 Å². The van der Waals surface area contributed by atoms with Crippen LogP contribution in [0.1, 0.15) is 31.8 Å². The molecular weight excluding hydrogens is 536 g/mol. The minimum Gasteiger partial charge on any atom is -0.496 e. The average Bonchev–Trinajstić information content (AvgIpc) is 3.05. The zero-order valence-corrected chi connectivity index (χ0v) is 24.6. The highest BCUT2D eigenvalue weighted by Gasteiger charge is 2.23. The molecule has 42 heavy (non-hydrogen) atoms. The van der Waals surface area contributed by atoms with Crippen molar-refractivity contribution in [3.05, 3.63) is 95.1 Å². The summed E-state index contributed by atoms with van der Waals surface area (Å²) in [6.45, 7) is 0. The van der Waals surface area contributed by atoms with Crippen molar-refractivity contribution in [2.75, 3.05) is 42.7 Å². The van der Waals surface area contributed by atoms with Gasteiger partial charge < -0.3 is 28.4 Å². The van der Waals surface area contributed by atoms with Crippen LogP contribution in [0.15, 0.2) is 72.8 Å². The number of rotatable bonds is 13. The molecule has 0 heterocycles. The molecule has 0 amide bonds. The van der Waals surface area contributed by atoms with Gasteiger partial charge >= 0.3 is 0 Å². The summed E-state index contributed by atoms with van der Waals surface area (Å²) in [4.78, 5) is 26.5. The van der Waals surface area contributed by atoms with Crippen LogP contribution in [-0.2, 0) is 12.8 Å². The third kappa shape index (κ3) is 6.33. The number of carbonyl (C=O) groups excluding carboxylic acids is 2. The maximum absolute atomic E-state index is 13.3. The van der Waals surface area contributed by atoms with Crippen molar-refractivity contribution in [2.24, 2.45) is 0 Å². The summed E-state index contributed by atoms with van der Waals surface area (Å²) in [6, 6.07) is 21.3. The van der Waals surface area contributed by atoms with Crippen molar-refractivity contribution in [3.63, 3.8) is 0 Å². The second-order valence-electron chi connectivity index (χ2n) is 9.37. The van der Waals surface area contributed by atoms with Gasteiger partial charge in [0.15, 0.2) is 23.0 Å². The molecule has 8 heteroatoms. The second kappa shape index (κ2) is 13.6. The van der Waals surface area contributed by atoms with Gasteiger partial charge in [-0.1, -0.05) is 12.1 Å². The van der Waals surface area contributed by atoms with E-state index in [1.54, 1.807) is 52.7 Å². The Morgan fingerprint density at radius 1 is 0.429 bits per heavy atom. The van der Waals surface area contributed by atoms with Gasteiger partial charge in [-0.3, -0.25) is 9.59 Å². The number of hydrogen-bond donors (Lipinski definition) is 0. The number of methoxy groups -OCH3 is 6. The molecule has 0 N–H and O–H groups in total. The molecule has 0 aromatic heterocycles. The molecule has 0 bridgehead atoms. The molecule has 0 aliphatic carbocycles. The van der Waals surface area contributed by atoms with Crippen molar-refractivity contribution in [1.82, 2.24) is 0 Å². The lowest BCUT2D eigenvalue weighted by Crippen LogP contribution is -2.15. The predicted molar refractivity (Wildman–Crippen MR) is 160 cm³/mol. The Hall–Kier alpha value is -4.98. The van der Waals surface area contributed by atoms with Crippen LogP contribution in [0.3, 0.4) is 0 Å². The Labute approximate surface area is 245 Å². The van der Waals surface area contributed by atoms with E-state index in [0.29, 0.717) is 40.1 Å². The number of ether oxygens (including phenoxy) is 6. The number of benzene rings is 4. The van der Waals surface area contributed by atoms with E-state index in [1.165, 1.54) is 26.4 Å². The lowest BCUT2D eigenvalue weighted by molar-refractivity contribution is 0.0816. The maximum atomic E-state index is 13.3. The van der Waals surface area contributed by atoms with Crippen molar-refractivity contribution >= 4 is 11.6 Å². The number of hydrogen-bond acceptors (Lipinski definition) is 8. The van der Waals surface area contributed by atoms with E-state index < -0.39 is 11.6 Å². The summed E-state index contributed by atoms with van der Waals surface area (Å²) < 4.78 is 32.6. The summed E-state index contributed by atoms with van der Waals surface area (Å²) in [5.74, 6) is 2.02. The fourth-order valence-electron chi connectivity index (χ4n) is 4.75. The molecule has 0 atom stereocenters. The summed E-state index contributed by atoms with van der Waals surface area (Å²) in [6.07, 6.45) is 1.51. The van der Waals surface area contributed by atoms with E-state index >= 15 is 0 Å². The minimum atomic E-state index is -0.664. The third-order valence-electron chi connectivity index (χ3n) is 7.02. The van der Waals surface area contributed by atoms with Gasteiger partial charge in [-0.05, 0) is 84.6 Å². The Morgan fingerprint density at radius 3 is 1.33 bits per heavy atom. The van der Waals surface area contributed by atoms with E-state index in [0.717, 1.165) is 29.5 Å². The van der Waals surface area contributed by atoms with E-state index in [4.69, 9.17) is 28.4 Å². The average molecular weight is 571 g/mol. The van der Waals surface area contributed by atoms with Gasteiger partial charge in [0.05, 0.1) is 42.7 Å². The van der Waals surface area contributed by atoms with Gasteiger partial charge in [0.1, 0.15) is 11.5 Å². The number of carbonyl (C=O) groups is 2. The largest absolute Gasteiger partial charge is 0.496 e. The van der Waals surface area contributed by atoms with Crippen LogP contribution in [-0.4, -0.2) is 54.2 Å². The lowest BCUT2D eigenvalue weighted by Gasteiger charge is -2.15. The summed E-state index contributed by atoms with van der Waals surface area (Å²) >= 11 is 0. The van der Waals surface area contributed by atoms with Crippen LogP contribution >= 0.6 is 0 Å². The first-order valence-corrected chi connectivity index (χ1v) is 13.2. The normalized spacial score (nSPS) is 10.5. The summed E-state index contributed by atoms with van der Waals surface area (Å²) in [5.41, 5.74) is 3.96. The highest BCUT2D eigenvalue weighted by Crippen LogP contribution is 2.38.